The molecule has 1 amide bonds. The molecule has 0 atom stereocenters. The number of hydrogen-bond acceptors (Lipinski definition) is 6. The molecule has 7 nitrogen and oxygen atoms in total. The number of rotatable bonds is 6. The van der Waals surface area contributed by atoms with Crippen LogP contribution >= 0.6 is 11.3 Å². The van der Waals surface area contributed by atoms with Crippen LogP contribution in [0.3, 0.4) is 0 Å². The molecule has 0 unspecified atom stereocenters. The lowest BCUT2D eigenvalue weighted by atomic mass is 10.2. The minimum atomic E-state index is -0.278. The van der Waals surface area contributed by atoms with Gasteiger partial charge in [-0.15, -0.1) is 11.3 Å². The minimum absolute atomic E-state index is 0.159. The average molecular weight is 358 g/mol. The summed E-state index contributed by atoms with van der Waals surface area (Å²) in [6.07, 6.45) is 1.15. The zero-order valence-electron chi connectivity index (χ0n) is 13.9. The van der Waals surface area contributed by atoms with Crippen molar-refractivity contribution < 1.29 is 14.6 Å². The second-order valence-corrected chi connectivity index (χ2v) is 6.50. The lowest BCUT2D eigenvalue weighted by Crippen LogP contribution is -2.26. The van der Waals surface area contributed by atoms with Crippen molar-refractivity contribution in [1.82, 2.24) is 14.9 Å². The fraction of sp³-hybridized carbons (Fsp3) is 0.235. The van der Waals surface area contributed by atoms with Crippen LogP contribution in [-0.2, 0) is 20.2 Å². The average Bonchev–Trinajstić information content (AvgIpc) is 3.17. The summed E-state index contributed by atoms with van der Waals surface area (Å²) in [4.78, 5) is 17.0. The molecule has 3 rings (SSSR count). The van der Waals surface area contributed by atoms with Crippen LogP contribution in [0.25, 0.3) is 10.3 Å². The van der Waals surface area contributed by atoms with Crippen molar-refractivity contribution >= 4 is 33.8 Å². The molecule has 0 saturated heterocycles. The fourth-order valence-electron chi connectivity index (χ4n) is 2.68. The lowest BCUT2D eigenvalue weighted by molar-refractivity contribution is 0.0943. The predicted octanol–water partition coefficient (Wildman–Crippen LogP) is 2.06. The van der Waals surface area contributed by atoms with Gasteiger partial charge >= 0.3 is 0 Å². The Morgan fingerprint density at radius 3 is 3.00 bits per heavy atom. The second-order valence-electron chi connectivity index (χ2n) is 5.42. The molecular weight excluding hydrogens is 340 g/mol. The Morgan fingerprint density at radius 1 is 1.52 bits per heavy atom. The van der Waals surface area contributed by atoms with Crippen LogP contribution in [0, 0.1) is 5.41 Å². The van der Waals surface area contributed by atoms with Gasteiger partial charge in [0.1, 0.15) is 16.5 Å². The number of nitrogens with one attached hydrogen (secondary N) is 2. The van der Waals surface area contributed by atoms with E-state index in [1.165, 1.54) is 11.3 Å². The Labute approximate surface area is 148 Å². The van der Waals surface area contributed by atoms with Gasteiger partial charge in [0.15, 0.2) is 5.65 Å². The molecule has 0 fully saturated rings. The van der Waals surface area contributed by atoms with Crippen LogP contribution in [0.5, 0.6) is 5.75 Å². The number of hydrogen-bond donors (Lipinski definition) is 3. The van der Waals surface area contributed by atoms with Gasteiger partial charge in [-0.2, -0.15) is 0 Å². The summed E-state index contributed by atoms with van der Waals surface area (Å²) in [6, 6.07) is 7.46. The number of aromatic nitrogens is 2. The summed E-state index contributed by atoms with van der Waals surface area (Å²) in [5, 5.41) is 20.3. The number of fused-ring (bicyclic) bond motifs is 1. The Kier molecular flexibility index (Phi) is 4.82. The van der Waals surface area contributed by atoms with Crippen LogP contribution in [0.15, 0.2) is 24.3 Å². The predicted molar refractivity (Wildman–Crippen MR) is 96.6 cm³/mol. The zero-order chi connectivity index (χ0) is 18.0. The maximum Gasteiger partial charge on any atom is 0.268 e. The molecule has 2 aromatic heterocycles. The molecule has 3 N–H and O–H groups in total. The lowest BCUT2D eigenvalue weighted by Gasteiger charge is -2.09. The van der Waals surface area contributed by atoms with E-state index in [2.05, 4.69) is 10.3 Å². The first-order valence-electron chi connectivity index (χ1n) is 7.59. The maximum absolute atomic E-state index is 12.7. The summed E-state index contributed by atoms with van der Waals surface area (Å²) in [5.41, 5.74) is 2.41. The first kappa shape index (κ1) is 17.1. The maximum atomic E-state index is 12.7. The highest BCUT2D eigenvalue weighted by molar-refractivity contribution is 7.19. The zero-order valence-corrected chi connectivity index (χ0v) is 14.7. The van der Waals surface area contributed by atoms with Crippen LogP contribution in [0.2, 0.25) is 0 Å². The number of carbonyl (C=O) groups excluding carboxylic acids is 1. The van der Waals surface area contributed by atoms with E-state index in [0.717, 1.165) is 22.2 Å². The third-order valence-corrected chi connectivity index (χ3v) is 4.95. The molecule has 130 valence electrons. The van der Waals surface area contributed by atoms with Gasteiger partial charge in [0, 0.05) is 25.4 Å². The van der Waals surface area contributed by atoms with E-state index in [0.29, 0.717) is 28.5 Å². The first-order chi connectivity index (χ1) is 12.1. The van der Waals surface area contributed by atoms with Gasteiger partial charge in [-0.05, 0) is 17.7 Å². The van der Waals surface area contributed by atoms with E-state index >= 15 is 0 Å². The molecule has 0 aliphatic carbocycles. The van der Waals surface area contributed by atoms with Crippen molar-refractivity contribution in [3.63, 3.8) is 0 Å². The van der Waals surface area contributed by atoms with Crippen LogP contribution in [0.1, 0.15) is 26.6 Å². The fourth-order valence-corrected chi connectivity index (χ4v) is 3.65. The highest BCUT2D eigenvalue weighted by Crippen LogP contribution is 2.29. The third-order valence-electron chi connectivity index (χ3n) is 3.89. The Bertz CT molecular complexity index is 945. The Balaban J connectivity index is 1.87. The van der Waals surface area contributed by atoms with Gasteiger partial charge in [0.25, 0.3) is 5.91 Å². The van der Waals surface area contributed by atoms with Crippen molar-refractivity contribution in [2.24, 2.45) is 7.05 Å². The number of carbonyl (C=O) groups is 1. The van der Waals surface area contributed by atoms with Crippen LogP contribution in [-0.4, -0.2) is 33.9 Å². The monoisotopic (exact) mass is 358 g/mol. The van der Waals surface area contributed by atoms with E-state index in [-0.39, 0.29) is 12.5 Å². The second kappa shape index (κ2) is 7.04. The molecule has 0 aliphatic rings. The highest BCUT2D eigenvalue weighted by Gasteiger charge is 2.22. The highest BCUT2D eigenvalue weighted by atomic mass is 32.1. The molecular formula is C17H18N4O3S. The summed E-state index contributed by atoms with van der Waals surface area (Å²) in [6.45, 7) is 0.190. The summed E-state index contributed by atoms with van der Waals surface area (Å²) >= 11 is 1.29. The Hall–Kier alpha value is -2.71. The molecule has 8 heteroatoms. The van der Waals surface area contributed by atoms with Crippen molar-refractivity contribution in [2.45, 2.75) is 13.2 Å². The molecule has 0 spiro atoms. The van der Waals surface area contributed by atoms with Crippen molar-refractivity contribution in [1.29, 1.82) is 5.41 Å². The number of amides is 1. The SMILES string of the molecule is COc1cccc(CNC(=O)c2c(C=N)c3sc(CO)nc3n2C)c1. The number of ether oxygens (including phenoxy) is 1. The van der Waals surface area contributed by atoms with E-state index in [9.17, 15) is 9.90 Å². The number of aliphatic hydroxyl groups is 1. The van der Waals surface area contributed by atoms with Gasteiger partial charge in [-0.1, -0.05) is 12.1 Å². The smallest absolute Gasteiger partial charge is 0.268 e. The number of thiazole rings is 1. The van der Waals surface area contributed by atoms with Gasteiger partial charge in [0.2, 0.25) is 0 Å². The minimum Gasteiger partial charge on any atom is -0.497 e. The van der Waals surface area contributed by atoms with E-state index in [1.807, 2.05) is 24.3 Å². The van der Waals surface area contributed by atoms with Gasteiger partial charge in [-0.25, -0.2) is 4.98 Å². The Morgan fingerprint density at radius 2 is 2.32 bits per heavy atom. The van der Waals surface area contributed by atoms with Crippen LogP contribution < -0.4 is 10.1 Å². The molecule has 0 saturated carbocycles. The summed E-state index contributed by atoms with van der Waals surface area (Å²) in [5.74, 6) is 0.451. The molecule has 1 aromatic carbocycles. The molecule has 2 heterocycles. The van der Waals surface area contributed by atoms with Gasteiger partial charge < -0.3 is 25.1 Å². The number of benzene rings is 1. The molecule has 3 aromatic rings. The van der Waals surface area contributed by atoms with E-state index in [4.69, 9.17) is 10.1 Å². The topological polar surface area (TPSA) is 100 Å². The van der Waals surface area contributed by atoms with Gasteiger partial charge in [0.05, 0.1) is 18.4 Å². The number of nitrogens with zero attached hydrogens (tertiary/aromatic N) is 2. The van der Waals surface area contributed by atoms with Gasteiger partial charge in [-0.3, -0.25) is 4.79 Å². The summed E-state index contributed by atoms with van der Waals surface area (Å²) < 4.78 is 7.57. The largest absolute Gasteiger partial charge is 0.497 e. The van der Waals surface area contributed by atoms with Crippen molar-refractivity contribution in [2.75, 3.05) is 7.11 Å². The standard InChI is InChI=1S/C17H18N4O3S/c1-21-14(12(7-18)15-16(21)20-13(9-22)25-15)17(23)19-8-10-4-3-5-11(6-10)24-2/h3-7,18,22H,8-9H2,1-2H3,(H,19,23). The molecule has 0 bridgehead atoms. The van der Waals surface area contributed by atoms with E-state index in [1.54, 1.807) is 18.7 Å². The summed E-state index contributed by atoms with van der Waals surface area (Å²) in [7, 11) is 3.33. The third kappa shape index (κ3) is 3.13. The molecule has 25 heavy (non-hydrogen) atoms. The molecule has 0 radical (unpaired) electrons. The molecule has 0 aliphatic heterocycles. The van der Waals surface area contributed by atoms with Crippen LogP contribution in [0.4, 0.5) is 0 Å². The van der Waals surface area contributed by atoms with Crippen molar-refractivity contribution in [3.05, 3.63) is 46.1 Å². The number of methoxy groups -OCH3 is 1. The van der Waals surface area contributed by atoms with E-state index < -0.39 is 0 Å². The number of aryl methyl sites for hydroxylation is 1. The number of aliphatic hydroxyl groups excluding tert-OH is 1. The normalized spacial score (nSPS) is 10.8. The first-order valence-corrected chi connectivity index (χ1v) is 8.41. The van der Waals surface area contributed by atoms with Crippen molar-refractivity contribution in [3.8, 4) is 5.75 Å². The quantitative estimate of drug-likeness (QED) is 0.587.